The number of aromatic nitrogens is 2. The molecule has 0 spiro atoms. The predicted molar refractivity (Wildman–Crippen MR) is 131 cm³/mol. The summed E-state index contributed by atoms with van der Waals surface area (Å²) in [5.41, 5.74) is 3.98. The van der Waals surface area contributed by atoms with Crippen LogP contribution in [0.25, 0.3) is 32.5 Å². The Balaban J connectivity index is 0.994. The maximum absolute atomic E-state index is 13.4. The Bertz CT molecular complexity index is 1440. The molecule has 35 heavy (non-hydrogen) atoms. The van der Waals surface area contributed by atoms with Gasteiger partial charge in [0.15, 0.2) is 11.2 Å². The highest BCUT2D eigenvalue weighted by atomic mass is 32.1. The van der Waals surface area contributed by atoms with Crippen LogP contribution in [-0.2, 0) is 0 Å². The van der Waals surface area contributed by atoms with Gasteiger partial charge in [0.1, 0.15) is 34.7 Å². The van der Waals surface area contributed by atoms with E-state index in [2.05, 4.69) is 15.2 Å². The van der Waals surface area contributed by atoms with Gasteiger partial charge in [-0.15, -0.1) is 11.3 Å². The normalized spacial score (nSPS) is 16.3. The van der Waals surface area contributed by atoms with E-state index >= 15 is 0 Å². The summed E-state index contributed by atoms with van der Waals surface area (Å²) in [4.78, 5) is 2.24. The van der Waals surface area contributed by atoms with E-state index < -0.39 is 6.10 Å². The summed E-state index contributed by atoms with van der Waals surface area (Å²) in [7, 11) is 0. The lowest BCUT2D eigenvalue weighted by molar-refractivity contribution is 0.0592. The van der Waals surface area contributed by atoms with E-state index in [-0.39, 0.29) is 18.3 Å². The van der Waals surface area contributed by atoms with Crippen molar-refractivity contribution >= 4 is 32.6 Å². The Labute approximate surface area is 204 Å². The monoisotopic (exact) mass is 493 g/mol. The Morgan fingerprint density at radius 1 is 1.06 bits per heavy atom. The lowest BCUT2D eigenvalue weighted by Gasteiger charge is -2.32. The minimum Gasteiger partial charge on any atom is -0.491 e. The number of halogens is 1. The molecule has 1 aliphatic heterocycles. The van der Waals surface area contributed by atoms with Crippen LogP contribution in [0.2, 0.25) is 0 Å². The minimum absolute atomic E-state index is 0.220. The van der Waals surface area contributed by atoms with E-state index in [1.54, 1.807) is 17.4 Å². The second-order valence-corrected chi connectivity index (χ2v) is 9.83. The van der Waals surface area contributed by atoms with Gasteiger partial charge in [-0.05, 0) is 73.8 Å². The van der Waals surface area contributed by atoms with Gasteiger partial charge >= 0.3 is 0 Å². The third-order valence-corrected chi connectivity index (χ3v) is 7.46. The van der Waals surface area contributed by atoms with Gasteiger partial charge in [0.2, 0.25) is 0 Å². The van der Waals surface area contributed by atoms with E-state index in [4.69, 9.17) is 13.8 Å². The second-order valence-electron chi connectivity index (χ2n) is 8.92. The predicted octanol–water partition coefficient (Wildman–Crippen LogP) is 5.46. The van der Waals surface area contributed by atoms with Crippen LogP contribution in [0.1, 0.15) is 24.5 Å². The fourth-order valence-electron chi connectivity index (χ4n) is 4.73. The molecule has 4 heterocycles. The maximum Gasteiger partial charge on any atom is 0.178 e. The third kappa shape index (κ3) is 4.54. The molecule has 0 saturated carbocycles. The van der Waals surface area contributed by atoms with Crippen molar-refractivity contribution in [1.82, 2.24) is 15.2 Å². The highest BCUT2D eigenvalue weighted by molar-refractivity contribution is 7.17. The van der Waals surface area contributed by atoms with Crippen LogP contribution in [0.15, 0.2) is 63.0 Å². The molecule has 7 nitrogen and oxygen atoms in total. The average Bonchev–Trinajstić information content (AvgIpc) is 3.60. The second kappa shape index (κ2) is 9.41. The highest BCUT2D eigenvalue weighted by Crippen LogP contribution is 2.34. The summed E-state index contributed by atoms with van der Waals surface area (Å²) in [6.07, 6.45) is 1.23. The van der Waals surface area contributed by atoms with Crippen molar-refractivity contribution in [1.29, 1.82) is 0 Å². The minimum atomic E-state index is -0.594. The number of fused-ring (bicyclic) bond motifs is 2. The van der Waals surface area contributed by atoms with Gasteiger partial charge in [0.05, 0.1) is 5.69 Å². The number of benzene rings is 2. The summed E-state index contributed by atoms with van der Waals surface area (Å²) in [6.45, 7) is 2.46. The molecule has 0 bridgehead atoms. The van der Waals surface area contributed by atoms with Gasteiger partial charge in [-0.1, -0.05) is 10.3 Å². The van der Waals surface area contributed by atoms with E-state index in [0.717, 1.165) is 58.6 Å². The molecule has 180 valence electrons. The lowest BCUT2D eigenvalue weighted by Crippen LogP contribution is -2.40. The molecule has 1 N–H and O–H groups in total. The number of likely N-dealkylation sites (tertiary alicyclic amines) is 1. The number of thiophene rings is 1. The van der Waals surface area contributed by atoms with Crippen LogP contribution < -0.4 is 4.74 Å². The molecule has 0 aliphatic carbocycles. The summed E-state index contributed by atoms with van der Waals surface area (Å²) in [5.74, 6) is 0.647. The first kappa shape index (κ1) is 22.2. The Morgan fingerprint density at radius 3 is 2.69 bits per heavy atom. The van der Waals surface area contributed by atoms with Crippen LogP contribution in [0.5, 0.6) is 5.75 Å². The first-order valence-electron chi connectivity index (χ1n) is 11.7. The number of nitrogens with zero attached hydrogens (tertiary/aromatic N) is 3. The number of hydrogen-bond donors (Lipinski definition) is 1. The molecule has 3 aromatic heterocycles. The zero-order valence-corrected chi connectivity index (χ0v) is 19.7. The van der Waals surface area contributed by atoms with Crippen molar-refractivity contribution in [3.8, 4) is 17.0 Å². The van der Waals surface area contributed by atoms with Crippen molar-refractivity contribution < 1.29 is 23.3 Å². The van der Waals surface area contributed by atoms with Gasteiger partial charge in [0.25, 0.3) is 0 Å². The number of β-amino-alcohol motifs (C(OH)–C–C–N with tert-alkyl or cyclic N) is 1. The molecule has 9 heteroatoms. The largest absolute Gasteiger partial charge is 0.491 e. The van der Waals surface area contributed by atoms with Crippen molar-refractivity contribution in [3.05, 3.63) is 65.4 Å². The molecule has 2 aromatic carbocycles. The molecular weight excluding hydrogens is 469 g/mol. The van der Waals surface area contributed by atoms with Gasteiger partial charge < -0.3 is 23.8 Å². The fraction of sp³-hybridized carbons (Fsp3) is 0.308. The zero-order valence-electron chi connectivity index (χ0n) is 18.9. The molecule has 6 rings (SSSR count). The number of piperidine rings is 1. The number of rotatable bonds is 7. The molecule has 0 radical (unpaired) electrons. The topological polar surface area (TPSA) is 84.8 Å². The number of aliphatic hydroxyl groups is 1. The standard InChI is InChI=1S/C26H24FN3O4S/c27-18-3-6-21-23(13-18)34-28-24(21)17-7-10-30(11-8-17)14-19(31)15-32-20-4-1-16(2-5-20)25-26-22(33-29-25)9-12-35-26/h1-6,9,12-13,17,19,31H,7-8,10-11,14-15H2. The maximum atomic E-state index is 13.4. The Hall–Kier alpha value is -3.27. The van der Waals surface area contributed by atoms with Crippen LogP contribution in [-0.4, -0.2) is 52.7 Å². The highest BCUT2D eigenvalue weighted by Gasteiger charge is 2.26. The quantitative estimate of drug-likeness (QED) is 0.322. The van der Waals surface area contributed by atoms with Gasteiger partial charge in [-0.2, -0.15) is 0 Å². The Morgan fingerprint density at radius 2 is 1.86 bits per heavy atom. The molecule has 1 aliphatic rings. The third-order valence-electron chi connectivity index (χ3n) is 6.55. The molecule has 1 atom stereocenters. The molecule has 1 fully saturated rings. The smallest absolute Gasteiger partial charge is 0.178 e. The van der Waals surface area contributed by atoms with Crippen LogP contribution >= 0.6 is 11.3 Å². The number of hydrogen-bond acceptors (Lipinski definition) is 8. The number of aliphatic hydroxyl groups excluding tert-OH is 1. The van der Waals surface area contributed by atoms with Crippen molar-refractivity contribution in [2.45, 2.75) is 24.9 Å². The van der Waals surface area contributed by atoms with Crippen molar-refractivity contribution in [2.75, 3.05) is 26.2 Å². The van der Waals surface area contributed by atoms with E-state index in [0.29, 0.717) is 17.9 Å². The summed E-state index contributed by atoms with van der Waals surface area (Å²) in [6, 6.07) is 14.1. The van der Waals surface area contributed by atoms with Gasteiger partial charge in [-0.3, -0.25) is 0 Å². The summed E-state index contributed by atoms with van der Waals surface area (Å²) < 4.78 is 30.9. The lowest BCUT2D eigenvalue weighted by atomic mass is 9.91. The van der Waals surface area contributed by atoms with Crippen LogP contribution in [0.4, 0.5) is 4.39 Å². The zero-order chi connectivity index (χ0) is 23.8. The van der Waals surface area contributed by atoms with E-state index in [1.165, 1.54) is 12.1 Å². The number of ether oxygens (including phenoxy) is 1. The molecule has 1 saturated heterocycles. The summed E-state index contributed by atoms with van der Waals surface area (Å²) in [5, 5.41) is 21.8. The van der Waals surface area contributed by atoms with Gasteiger partial charge in [-0.25, -0.2) is 4.39 Å². The first-order chi connectivity index (χ1) is 17.1. The van der Waals surface area contributed by atoms with E-state index in [1.807, 2.05) is 35.7 Å². The first-order valence-corrected chi connectivity index (χ1v) is 12.5. The Kier molecular flexibility index (Phi) is 5.97. The molecule has 5 aromatic rings. The van der Waals surface area contributed by atoms with Crippen molar-refractivity contribution in [3.63, 3.8) is 0 Å². The van der Waals surface area contributed by atoms with E-state index in [9.17, 15) is 9.50 Å². The fourth-order valence-corrected chi connectivity index (χ4v) is 5.54. The molecule has 0 amide bonds. The van der Waals surface area contributed by atoms with Crippen LogP contribution in [0, 0.1) is 5.82 Å². The molecular formula is C26H24FN3O4S. The van der Waals surface area contributed by atoms with Crippen molar-refractivity contribution in [2.24, 2.45) is 0 Å². The SMILES string of the molecule is OC(COc1ccc(-c2noc3ccsc23)cc1)CN1CCC(c2noc3cc(F)ccc23)CC1. The average molecular weight is 494 g/mol. The molecule has 1 unspecified atom stereocenters. The van der Waals surface area contributed by atoms with Gasteiger partial charge in [0, 0.05) is 29.5 Å². The summed E-state index contributed by atoms with van der Waals surface area (Å²) >= 11 is 1.60. The van der Waals surface area contributed by atoms with Crippen LogP contribution in [0.3, 0.4) is 0 Å².